The first-order valence-electron chi connectivity index (χ1n) is 6.02. The average Bonchev–Trinajstić information content (AvgIpc) is 2.48. The van der Waals surface area contributed by atoms with Crippen LogP contribution in [0.15, 0.2) is 18.2 Å². The highest BCUT2D eigenvalue weighted by Gasteiger charge is 2.22. The van der Waals surface area contributed by atoms with E-state index in [0.717, 1.165) is 25.9 Å². The predicted molar refractivity (Wildman–Crippen MR) is 68.8 cm³/mol. The van der Waals surface area contributed by atoms with Gasteiger partial charge < -0.3 is 15.2 Å². The number of halogens is 1. The zero-order chi connectivity index (χ0) is 12.3. The Bertz CT molecular complexity index is 384. The Kier molecular flexibility index (Phi) is 4.13. The van der Waals surface area contributed by atoms with Crippen LogP contribution in [0, 0.1) is 5.92 Å². The lowest BCUT2D eigenvalue weighted by molar-refractivity contribution is 0.136. The van der Waals surface area contributed by atoms with Crippen LogP contribution in [0.5, 0.6) is 11.5 Å². The van der Waals surface area contributed by atoms with Crippen molar-refractivity contribution in [1.82, 2.24) is 5.32 Å². The first-order chi connectivity index (χ1) is 8.16. The zero-order valence-electron chi connectivity index (χ0n) is 9.95. The third kappa shape index (κ3) is 3.27. The van der Waals surface area contributed by atoms with Crippen LogP contribution in [-0.2, 0) is 0 Å². The van der Waals surface area contributed by atoms with E-state index >= 15 is 0 Å². The Balaban J connectivity index is 2.08. The van der Waals surface area contributed by atoms with Crippen molar-refractivity contribution in [2.45, 2.75) is 25.9 Å². The standard InChI is InChI=1S/C13H18ClNO2/c1-9-8-15-6-2-3-12(9)17-13-5-4-10(14)7-11(13)16/h4-5,7,9,12,15-16H,2-3,6,8H2,1H3. The molecular weight excluding hydrogens is 238 g/mol. The summed E-state index contributed by atoms with van der Waals surface area (Å²) in [6, 6.07) is 4.97. The number of nitrogens with one attached hydrogen (secondary N) is 1. The number of phenolic OH excluding ortho intramolecular Hbond substituents is 1. The number of benzene rings is 1. The smallest absolute Gasteiger partial charge is 0.161 e. The highest BCUT2D eigenvalue weighted by molar-refractivity contribution is 6.30. The lowest BCUT2D eigenvalue weighted by atomic mass is 10.0. The van der Waals surface area contributed by atoms with E-state index in [1.807, 2.05) is 0 Å². The summed E-state index contributed by atoms with van der Waals surface area (Å²) in [6.45, 7) is 4.16. The monoisotopic (exact) mass is 255 g/mol. The van der Waals surface area contributed by atoms with E-state index in [2.05, 4.69) is 12.2 Å². The first kappa shape index (κ1) is 12.5. The van der Waals surface area contributed by atoms with Gasteiger partial charge in [0, 0.05) is 23.6 Å². The Labute approximate surface area is 107 Å². The van der Waals surface area contributed by atoms with Crippen molar-refractivity contribution in [2.24, 2.45) is 5.92 Å². The molecule has 2 unspecified atom stereocenters. The van der Waals surface area contributed by atoms with E-state index in [1.54, 1.807) is 12.1 Å². The number of hydrogen-bond acceptors (Lipinski definition) is 3. The van der Waals surface area contributed by atoms with Gasteiger partial charge in [-0.2, -0.15) is 0 Å². The van der Waals surface area contributed by atoms with Gasteiger partial charge in [0.05, 0.1) is 0 Å². The average molecular weight is 256 g/mol. The fraction of sp³-hybridized carbons (Fsp3) is 0.538. The van der Waals surface area contributed by atoms with Crippen LogP contribution in [-0.4, -0.2) is 24.3 Å². The zero-order valence-corrected chi connectivity index (χ0v) is 10.7. The van der Waals surface area contributed by atoms with Crippen LogP contribution in [0.4, 0.5) is 0 Å². The Morgan fingerprint density at radius 1 is 1.47 bits per heavy atom. The molecule has 3 nitrogen and oxygen atoms in total. The number of rotatable bonds is 2. The molecule has 94 valence electrons. The fourth-order valence-corrected chi connectivity index (χ4v) is 2.27. The van der Waals surface area contributed by atoms with Gasteiger partial charge in [-0.15, -0.1) is 0 Å². The summed E-state index contributed by atoms with van der Waals surface area (Å²) in [7, 11) is 0. The van der Waals surface area contributed by atoms with Gasteiger partial charge in [0.15, 0.2) is 11.5 Å². The van der Waals surface area contributed by atoms with Crippen molar-refractivity contribution in [3.63, 3.8) is 0 Å². The van der Waals surface area contributed by atoms with E-state index in [4.69, 9.17) is 16.3 Å². The quantitative estimate of drug-likeness (QED) is 0.854. The molecule has 1 aromatic carbocycles. The Morgan fingerprint density at radius 3 is 3.06 bits per heavy atom. The number of aromatic hydroxyl groups is 1. The van der Waals surface area contributed by atoms with E-state index in [-0.39, 0.29) is 11.9 Å². The van der Waals surface area contributed by atoms with Crippen LogP contribution < -0.4 is 10.1 Å². The molecule has 0 saturated carbocycles. The molecule has 0 aromatic heterocycles. The third-order valence-corrected chi connectivity index (χ3v) is 3.38. The van der Waals surface area contributed by atoms with Gasteiger partial charge in [-0.1, -0.05) is 18.5 Å². The fourth-order valence-electron chi connectivity index (χ4n) is 2.10. The maximum absolute atomic E-state index is 9.75. The van der Waals surface area contributed by atoms with Crippen LogP contribution in [0.25, 0.3) is 0 Å². The second-order valence-corrected chi connectivity index (χ2v) is 5.03. The molecule has 0 aliphatic carbocycles. The predicted octanol–water partition coefficient (Wildman–Crippen LogP) is 2.81. The highest BCUT2D eigenvalue weighted by atomic mass is 35.5. The lowest BCUT2D eigenvalue weighted by Crippen LogP contribution is -2.29. The molecule has 2 atom stereocenters. The molecule has 0 radical (unpaired) electrons. The minimum atomic E-state index is 0.113. The summed E-state index contributed by atoms with van der Waals surface area (Å²) < 4.78 is 5.88. The van der Waals surface area contributed by atoms with Crippen molar-refractivity contribution < 1.29 is 9.84 Å². The van der Waals surface area contributed by atoms with E-state index < -0.39 is 0 Å². The number of ether oxygens (including phenoxy) is 1. The summed E-state index contributed by atoms with van der Waals surface area (Å²) in [6.07, 6.45) is 2.26. The minimum absolute atomic E-state index is 0.113. The molecule has 2 N–H and O–H groups in total. The summed E-state index contributed by atoms with van der Waals surface area (Å²) in [4.78, 5) is 0. The molecule has 1 saturated heterocycles. The molecule has 0 amide bonds. The molecule has 1 fully saturated rings. The second kappa shape index (κ2) is 5.61. The molecule has 1 aromatic rings. The van der Waals surface area contributed by atoms with Crippen molar-refractivity contribution >= 4 is 11.6 Å². The molecule has 17 heavy (non-hydrogen) atoms. The van der Waals surface area contributed by atoms with E-state index in [9.17, 15) is 5.11 Å². The maximum atomic E-state index is 9.75. The van der Waals surface area contributed by atoms with Gasteiger partial charge in [-0.05, 0) is 31.5 Å². The maximum Gasteiger partial charge on any atom is 0.161 e. The summed E-state index contributed by atoms with van der Waals surface area (Å²) in [5, 5.41) is 13.6. The van der Waals surface area contributed by atoms with Gasteiger partial charge in [0.1, 0.15) is 6.10 Å². The van der Waals surface area contributed by atoms with Crippen LogP contribution in [0.2, 0.25) is 5.02 Å². The van der Waals surface area contributed by atoms with Crippen LogP contribution in [0.1, 0.15) is 19.8 Å². The van der Waals surface area contributed by atoms with Crippen molar-refractivity contribution in [3.05, 3.63) is 23.2 Å². The van der Waals surface area contributed by atoms with Gasteiger partial charge in [-0.3, -0.25) is 0 Å². The first-order valence-corrected chi connectivity index (χ1v) is 6.40. The highest BCUT2D eigenvalue weighted by Crippen LogP contribution is 2.31. The van der Waals surface area contributed by atoms with E-state index in [0.29, 0.717) is 16.7 Å². The molecule has 4 heteroatoms. The van der Waals surface area contributed by atoms with Crippen molar-refractivity contribution in [2.75, 3.05) is 13.1 Å². The Hall–Kier alpha value is -0.930. The van der Waals surface area contributed by atoms with Gasteiger partial charge in [-0.25, -0.2) is 0 Å². The summed E-state index contributed by atoms with van der Waals surface area (Å²) in [5.41, 5.74) is 0. The summed E-state index contributed by atoms with van der Waals surface area (Å²) in [5.74, 6) is 1.07. The molecule has 1 heterocycles. The van der Waals surface area contributed by atoms with Crippen molar-refractivity contribution in [3.8, 4) is 11.5 Å². The van der Waals surface area contributed by atoms with Crippen molar-refractivity contribution in [1.29, 1.82) is 0 Å². The lowest BCUT2D eigenvalue weighted by Gasteiger charge is -2.23. The molecule has 1 aliphatic rings. The molecule has 2 rings (SSSR count). The minimum Gasteiger partial charge on any atom is -0.504 e. The summed E-state index contributed by atoms with van der Waals surface area (Å²) >= 11 is 5.79. The topological polar surface area (TPSA) is 41.5 Å². The molecule has 0 spiro atoms. The molecule has 1 aliphatic heterocycles. The van der Waals surface area contributed by atoms with Gasteiger partial charge in [0.25, 0.3) is 0 Å². The number of phenols is 1. The van der Waals surface area contributed by atoms with Crippen LogP contribution >= 0.6 is 11.6 Å². The Morgan fingerprint density at radius 2 is 2.29 bits per heavy atom. The molecular formula is C13H18ClNO2. The van der Waals surface area contributed by atoms with Gasteiger partial charge >= 0.3 is 0 Å². The molecule has 0 bridgehead atoms. The van der Waals surface area contributed by atoms with Gasteiger partial charge in [0.2, 0.25) is 0 Å². The second-order valence-electron chi connectivity index (χ2n) is 4.59. The third-order valence-electron chi connectivity index (χ3n) is 3.14. The normalized spacial score (nSPS) is 25.3. The largest absolute Gasteiger partial charge is 0.504 e. The van der Waals surface area contributed by atoms with Crippen LogP contribution in [0.3, 0.4) is 0 Å². The number of hydrogen-bond donors (Lipinski definition) is 2. The van der Waals surface area contributed by atoms with E-state index in [1.165, 1.54) is 6.07 Å². The SMILES string of the molecule is CC1CNCCCC1Oc1ccc(Cl)cc1O.